The van der Waals surface area contributed by atoms with Crippen molar-refractivity contribution in [3.8, 4) is 5.75 Å². The van der Waals surface area contributed by atoms with E-state index >= 15 is 0 Å². The number of aromatic hydroxyl groups is 1. The lowest BCUT2D eigenvalue weighted by Gasteiger charge is -2.14. The molecule has 0 radical (unpaired) electrons. The second-order valence-electron chi connectivity index (χ2n) is 6.21. The molecule has 0 saturated heterocycles. The summed E-state index contributed by atoms with van der Waals surface area (Å²) in [5, 5.41) is 9.03. The SMILES string of the molecule is CCCCCCCCC(CCCc1ccccc1O)S(=O)(=O)O. The second-order valence-corrected chi connectivity index (χ2v) is 7.91. The number of phenols is 1. The molecule has 0 saturated carbocycles. The Morgan fingerprint density at radius 1 is 0.957 bits per heavy atom. The summed E-state index contributed by atoms with van der Waals surface area (Å²) in [5.74, 6) is 0.242. The third-order valence-electron chi connectivity index (χ3n) is 4.26. The molecule has 1 aromatic carbocycles. The van der Waals surface area contributed by atoms with Crippen LogP contribution in [0, 0.1) is 0 Å². The lowest BCUT2D eigenvalue weighted by Crippen LogP contribution is -2.20. The van der Waals surface area contributed by atoms with Gasteiger partial charge in [-0.2, -0.15) is 8.42 Å². The van der Waals surface area contributed by atoms with Crippen LogP contribution in [-0.4, -0.2) is 23.3 Å². The molecule has 132 valence electrons. The van der Waals surface area contributed by atoms with Crippen molar-refractivity contribution in [1.82, 2.24) is 0 Å². The van der Waals surface area contributed by atoms with E-state index in [4.69, 9.17) is 0 Å². The molecule has 0 spiro atoms. The Bertz CT molecular complexity index is 540. The van der Waals surface area contributed by atoms with Crippen molar-refractivity contribution in [3.05, 3.63) is 29.8 Å². The fraction of sp³-hybridized carbons (Fsp3) is 0.667. The average Bonchev–Trinajstić information content (AvgIpc) is 2.49. The van der Waals surface area contributed by atoms with Gasteiger partial charge in [0.05, 0.1) is 5.25 Å². The van der Waals surface area contributed by atoms with Gasteiger partial charge in [0.25, 0.3) is 10.1 Å². The minimum absolute atomic E-state index is 0.242. The number of benzene rings is 1. The minimum atomic E-state index is -3.99. The summed E-state index contributed by atoms with van der Waals surface area (Å²) in [6.07, 6.45) is 8.81. The first-order valence-electron chi connectivity index (χ1n) is 8.68. The fourth-order valence-electron chi connectivity index (χ4n) is 2.84. The van der Waals surface area contributed by atoms with E-state index in [1.807, 2.05) is 12.1 Å². The molecule has 1 unspecified atom stereocenters. The Labute approximate surface area is 140 Å². The van der Waals surface area contributed by atoms with E-state index in [2.05, 4.69) is 6.92 Å². The van der Waals surface area contributed by atoms with Gasteiger partial charge in [0, 0.05) is 0 Å². The molecular weight excluding hydrogens is 312 g/mol. The zero-order chi connectivity index (χ0) is 17.1. The van der Waals surface area contributed by atoms with Crippen LogP contribution in [0.4, 0.5) is 0 Å². The third kappa shape index (κ3) is 8.37. The Morgan fingerprint density at radius 2 is 1.57 bits per heavy atom. The number of phenolic OH excluding ortho intramolecular Hbond substituents is 1. The third-order valence-corrected chi connectivity index (χ3v) is 5.58. The number of hydrogen-bond acceptors (Lipinski definition) is 3. The van der Waals surface area contributed by atoms with Crippen LogP contribution >= 0.6 is 0 Å². The molecule has 23 heavy (non-hydrogen) atoms. The van der Waals surface area contributed by atoms with Gasteiger partial charge in [-0.25, -0.2) is 0 Å². The van der Waals surface area contributed by atoms with Gasteiger partial charge in [-0.3, -0.25) is 4.55 Å². The van der Waals surface area contributed by atoms with E-state index < -0.39 is 15.4 Å². The monoisotopic (exact) mass is 342 g/mol. The molecule has 0 bridgehead atoms. The number of unbranched alkanes of at least 4 members (excludes halogenated alkanes) is 5. The van der Waals surface area contributed by atoms with Crippen LogP contribution in [0.15, 0.2) is 24.3 Å². The van der Waals surface area contributed by atoms with Gasteiger partial charge in [-0.05, 0) is 37.3 Å². The van der Waals surface area contributed by atoms with Crippen molar-refractivity contribution >= 4 is 10.1 Å². The summed E-state index contributed by atoms with van der Waals surface area (Å²) >= 11 is 0. The largest absolute Gasteiger partial charge is 0.508 e. The molecule has 0 aromatic heterocycles. The van der Waals surface area contributed by atoms with Crippen molar-refractivity contribution in [2.75, 3.05) is 0 Å². The Kier molecular flexibility index (Phi) is 9.26. The zero-order valence-corrected chi connectivity index (χ0v) is 14.9. The average molecular weight is 343 g/mol. The first kappa shape index (κ1) is 20.0. The molecule has 2 N–H and O–H groups in total. The van der Waals surface area contributed by atoms with Crippen LogP contribution < -0.4 is 0 Å². The Morgan fingerprint density at radius 3 is 2.22 bits per heavy atom. The summed E-state index contributed by atoms with van der Waals surface area (Å²) in [4.78, 5) is 0. The van der Waals surface area contributed by atoms with Gasteiger partial charge < -0.3 is 5.11 Å². The predicted octanol–water partition coefficient (Wildman–Crippen LogP) is 4.72. The number of aryl methyl sites for hydroxylation is 1. The molecule has 4 nitrogen and oxygen atoms in total. The van der Waals surface area contributed by atoms with Gasteiger partial charge in [-0.1, -0.05) is 63.6 Å². The number of para-hydroxylation sites is 1. The van der Waals surface area contributed by atoms with Gasteiger partial charge in [-0.15, -0.1) is 0 Å². The molecule has 5 heteroatoms. The van der Waals surface area contributed by atoms with Crippen molar-refractivity contribution < 1.29 is 18.1 Å². The summed E-state index contributed by atoms with van der Waals surface area (Å²) in [6, 6.07) is 7.08. The summed E-state index contributed by atoms with van der Waals surface area (Å²) in [6.45, 7) is 2.17. The lowest BCUT2D eigenvalue weighted by atomic mass is 10.0. The van der Waals surface area contributed by atoms with E-state index in [1.54, 1.807) is 12.1 Å². The standard InChI is InChI=1S/C18H30O4S/c1-2-3-4-5-6-7-13-17(23(20,21)22)14-10-12-16-11-8-9-15-18(16)19/h8-9,11,15,17,19H,2-7,10,12-14H2,1H3,(H,20,21,22). The summed E-state index contributed by atoms with van der Waals surface area (Å²) in [5.41, 5.74) is 0.821. The van der Waals surface area contributed by atoms with Crippen molar-refractivity contribution in [2.45, 2.75) is 76.4 Å². The van der Waals surface area contributed by atoms with E-state index in [0.717, 1.165) is 24.8 Å². The van der Waals surface area contributed by atoms with Gasteiger partial charge >= 0.3 is 0 Å². The molecule has 0 fully saturated rings. The maximum Gasteiger partial charge on any atom is 0.267 e. The normalized spacial score (nSPS) is 13.1. The van der Waals surface area contributed by atoms with Gasteiger partial charge in [0.15, 0.2) is 0 Å². The molecule has 0 amide bonds. The van der Waals surface area contributed by atoms with Crippen molar-refractivity contribution in [1.29, 1.82) is 0 Å². The summed E-state index contributed by atoms with van der Waals surface area (Å²) < 4.78 is 32.4. The first-order valence-corrected chi connectivity index (χ1v) is 10.2. The molecule has 0 aliphatic heterocycles. The molecule has 1 atom stereocenters. The summed E-state index contributed by atoms with van der Waals surface area (Å²) in [7, 11) is -3.99. The highest BCUT2D eigenvalue weighted by Crippen LogP contribution is 2.21. The maximum absolute atomic E-state index is 11.5. The molecule has 1 rings (SSSR count). The first-order chi connectivity index (χ1) is 10.9. The van der Waals surface area contributed by atoms with Gasteiger partial charge in [0.2, 0.25) is 0 Å². The molecule has 1 aromatic rings. The second kappa shape index (κ2) is 10.7. The van der Waals surface area contributed by atoms with Crippen LogP contribution in [0.5, 0.6) is 5.75 Å². The lowest BCUT2D eigenvalue weighted by molar-refractivity contribution is 0.444. The number of rotatable bonds is 12. The fourth-order valence-corrected chi connectivity index (χ4v) is 3.77. The van der Waals surface area contributed by atoms with Crippen molar-refractivity contribution in [2.24, 2.45) is 0 Å². The maximum atomic E-state index is 11.5. The highest BCUT2D eigenvalue weighted by atomic mass is 32.2. The Balaban J connectivity index is 2.36. The van der Waals surface area contributed by atoms with E-state index in [9.17, 15) is 18.1 Å². The molecule has 0 heterocycles. The van der Waals surface area contributed by atoms with Crippen LogP contribution in [0.25, 0.3) is 0 Å². The number of hydrogen-bond donors (Lipinski definition) is 2. The van der Waals surface area contributed by atoms with E-state index in [1.165, 1.54) is 19.3 Å². The molecule has 0 aliphatic carbocycles. The highest BCUT2D eigenvalue weighted by molar-refractivity contribution is 7.86. The topological polar surface area (TPSA) is 74.6 Å². The minimum Gasteiger partial charge on any atom is -0.508 e. The zero-order valence-electron chi connectivity index (χ0n) is 14.1. The van der Waals surface area contributed by atoms with E-state index in [0.29, 0.717) is 25.7 Å². The van der Waals surface area contributed by atoms with Crippen LogP contribution in [-0.2, 0) is 16.5 Å². The van der Waals surface area contributed by atoms with E-state index in [-0.39, 0.29) is 5.75 Å². The quantitative estimate of drug-likeness (QED) is 0.426. The van der Waals surface area contributed by atoms with Crippen LogP contribution in [0.3, 0.4) is 0 Å². The predicted molar refractivity (Wildman–Crippen MR) is 94.4 cm³/mol. The Hall–Kier alpha value is -1.07. The molecule has 0 aliphatic rings. The highest BCUT2D eigenvalue weighted by Gasteiger charge is 2.22. The van der Waals surface area contributed by atoms with Crippen LogP contribution in [0.1, 0.15) is 70.3 Å². The van der Waals surface area contributed by atoms with Gasteiger partial charge in [0.1, 0.15) is 5.75 Å². The molecular formula is C18H30O4S. The smallest absolute Gasteiger partial charge is 0.267 e. The van der Waals surface area contributed by atoms with Crippen molar-refractivity contribution in [3.63, 3.8) is 0 Å². The van der Waals surface area contributed by atoms with Crippen LogP contribution in [0.2, 0.25) is 0 Å².